The molecule has 2 N–H and O–H groups in total. The first-order chi connectivity index (χ1) is 16.5. The van der Waals surface area contributed by atoms with Crippen molar-refractivity contribution >= 4 is 23.2 Å². The highest BCUT2D eigenvalue weighted by Crippen LogP contribution is 2.21. The number of carbonyl (C=O) groups excluding carboxylic acids is 2. The largest absolute Gasteiger partial charge is 0.486 e. The third-order valence-electron chi connectivity index (χ3n) is 6.19. The molecule has 1 aromatic heterocycles. The van der Waals surface area contributed by atoms with E-state index in [2.05, 4.69) is 22.5 Å². The van der Waals surface area contributed by atoms with Gasteiger partial charge in [-0.25, -0.2) is 4.98 Å². The minimum Gasteiger partial charge on any atom is -0.486 e. The Morgan fingerprint density at radius 3 is 2.26 bits per heavy atom. The van der Waals surface area contributed by atoms with Gasteiger partial charge in [0.15, 0.2) is 0 Å². The summed E-state index contributed by atoms with van der Waals surface area (Å²) < 4.78 is 5.78. The summed E-state index contributed by atoms with van der Waals surface area (Å²) in [6, 6.07) is 15.3. The molecule has 0 aliphatic heterocycles. The van der Waals surface area contributed by atoms with E-state index in [4.69, 9.17) is 4.74 Å². The van der Waals surface area contributed by atoms with E-state index in [0.29, 0.717) is 17.9 Å². The second-order valence-corrected chi connectivity index (χ2v) is 9.67. The average molecular weight is 478 g/mol. The Kier molecular flexibility index (Phi) is 7.95. The summed E-state index contributed by atoms with van der Waals surface area (Å²) in [6.45, 7) is 4.44. The molecule has 1 aliphatic carbocycles. The van der Waals surface area contributed by atoms with Gasteiger partial charge in [-0.05, 0) is 56.0 Å². The van der Waals surface area contributed by atoms with Crippen LogP contribution in [0, 0.1) is 6.92 Å². The number of carbonyl (C=O) groups is 2. The summed E-state index contributed by atoms with van der Waals surface area (Å²) in [7, 11) is 0. The Labute approximate surface area is 204 Å². The van der Waals surface area contributed by atoms with Crippen LogP contribution in [0.2, 0.25) is 0 Å². The highest BCUT2D eigenvalue weighted by molar-refractivity contribution is 7.09. The van der Waals surface area contributed by atoms with Crippen LogP contribution >= 0.6 is 11.3 Å². The monoisotopic (exact) mass is 477 g/mol. The van der Waals surface area contributed by atoms with Crippen molar-refractivity contribution < 1.29 is 14.3 Å². The lowest BCUT2D eigenvalue weighted by atomic mass is 9.90. The predicted molar refractivity (Wildman–Crippen MR) is 134 cm³/mol. The fourth-order valence-corrected chi connectivity index (χ4v) is 4.81. The van der Waals surface area contributed by atoms with E-state index < -0.39 is 0 Å². The fourth-order valence-electron chi connectivity index (χ4n) is 4.12. The molecular weight excluding hydrogens is 446 g/mol. The molecule has 3 aromatic rings. The van der Waals surface area contributed by atoms with E-state index in [0.717, 1.165) is 42.9 Å². The zero-order valence-corrected chi connectivity index (χ0v) is 20.5. The standard InChI is InChI=1S/C27H31N3O3S/c1-3-19-10-12-20(13-11-19)26(31)29-22-6-4-5-7-23(22)30-27(32)24-17-34-25(28-24)16-33-21-14-8-18(2)9-15-21/h8-15,17,22-23H,3-7,16H2,1-2H3,(H,29,31)(H,30,32)/t22-,23-/m1/s1. The zero-order valence-electron chi connectivity index (χ0n) is 19.7. The lowest BCUT2D eigenvalue weighted by molar-refractivity contribution is 0.0860. The molecule has 2 amide bonds. The van der Waals surface area contributed by atoms with Crippen LogP contribution in [0.25, 0.3) is 0 Å². The molecule has 6 nitrogen and oxygen atoms in total. The Hall–Kier alpha value is -3.19. The third-order valence-corrected chi connectivity index (χ3v) is 7.01. The number of thiazole rings is 1. The fraction of sp³-hybridized carbons (Fsp3) is 0.370. The summed E-state index contributed by atoms with van der Waals surface area (Å²) in [5, 5.41) is 8.74. The molecule has 178 valence electrons. The van der Waals surface area contributed by atoms with Gasteiger partial charge < -0.3 is 15.4 Å². The summed E-state index contributed by atoms with van der Waals surface area (Å²) in [6.07, 6.45) is 4.67. The number of aromatic nitrogens is 1. The van der Waals surface area contributed by atoms with Crippen molar-refractivity contribution in [1.82, 2.24) is 15.6 Å². The first-order valence-corrected chi connectivity index (χ1v) is 12.7. The van der Waals surface area contributed by atoms with Gasteiger partial charge in [-0.3, -0.25) is 9.59 Å². The molecule has 0 radical (unpaired) electrons. The number of nitrogens with one attached hydrogen (secondary N) is 2. The van der Waals surface area contributed by atoms with Crippen LogP contribution in [0.1, 0.15) is 69.6 Å². The highest BCUT2D eigenvalue weighted by Gasteiger charge is 2.29. The molecule has 1 fully saturated rings. The molecule has 4 rings (SSSR count). The van der Waals surface area contributed by atoms with Gasteiger partial charge >= 0.3 is 0 Å². The van der Waals surface area contributed by atoms with Gasteiger partial charge in [-0.2, -0.15) is 0 Å². The molecule has 7 heteroatoms. The topological polar surface area (TPSA) is 80.3 Å². The Morgan fingerprint density at radius 2 is 1.62 bits per heavy atom. The number of amides is 2. The first kappa shape index (κ1) is 24.0. The van der Waals surface area contributed by atoms with Crippen molar-refractivity contribution in [3.8, 4) is 5.75 Å². The van der Waals surface area contributed by atoms with E-state index in [1.165, 1.54) is 22.5 Å². The molecule has 0 saturated heterocycles. The second-order valence-electron chi connectivity index (χ2n) is 8.72. The van der Waals surface area contributed by atoms with Crippen LogP contribution in [-0.2, 0) is 13.0 Å². The van der Waals surface area contributed by atoms with Crippen molar-refractivity contribution in [2.75, 3.05) is 0 Å². The van der Waals surface area contributed by atoms with E-state index in [-0.39, 0.29) is 23.9 Å². The smallest absolute Gasteiger partial charge is 0.271 e. The maximum Gasteiger partial charge on any atom is 0.271 e. The van der Waals surface area contributed by atoms with Gasteiger partial charge in [-0.1, -0.05) is 49.6 Å². The summed E-state index contributed by atoms with van der Waals surface area (Å²) in [5.74, 6) is 0.464. The lowest BCUT2D eigenvalue weighted by Gasteiger charge is -2.32. The van der Waals surface area contributed by atoms with Crippen molar-refractivity contribution in [3.05, 3.63) is 81.3 Å². The van der Waals surface area contributed by atoms with Gasteiger partial charge in [0, 0.05) is 23.0 Å². The van der Waals surface area contributed by atoms with Crippen LogP contribution in [0.5, 0.6) is 5.75 Å². The molecule has 34 heavy (non-hydrogen) atoms. The third kappa shape index (κ3) is 6.23. The molecular formula is C27H31N3O3S. The van der Waals surface area contributed by atoms with Crippen molar-refractivity contribution in [3.63, 3.8) is 0 Å². The Morgan fingerprint density at radius 1 is 0.971 bits per heavy atom. The highest BCUT2D eigenvalue weighted by atomic mass is 32.1. The van der Waals surface area contributed by atoms with Gasteiger partial charge in [0.2, 0.25) is 0 Å². The number of rotatable bonds is 8. The number of nitrogens with zero attached hydrogens (tertiary/aromatic N) is 1. The van der Waals surface area contributed by atoms with E-state index in [9.17, 15) is 9.59 Å². The molecule has 1 heterocycles. The van der Waals surface area contributed by atoms with Crippen molar-refractivity contribution in [1.29, 1.82) is 0 Å². The minimum absolute atomic E-state index is 0.0981. The molecule has 2 aromatic carbocycles. The summed E-state index contributed by atoms with van der Waals surface area (Å²) >= 11 is 1.41. The average Bonchev–Trinajstić information content (AvgIpc) is 3.34. The SMILES string of the molecule is CCc1ccc(C(=O)N[C@@H]2CCCC[C@H]2NC(=O)c2csc(COc3ccc(C)cc3)n2)cc1. The zero-order chi connectivity index (χ0) is 23.9. The molecule has 0 unspecified atom stereocenters. The number of benzene rings is 2. The van der Waals surface area contributed by atoms with Crippen molar-refractivity contribution in [2.45, 2.75) is 64.6 Å². The number of ether oxygens (including phenoxy) is 1. The van der Waals surface area contributed by atoms with Gasteiger partial charge in [-0.15, -0.1) is 11.3 Å². The normalized spacial score (nSPS) is 17.7. The number of hydrogen-bond acceptors (Lipinski definition) is 5. The summed E-state index contributed by atoms with van der Waals surface area (Å²) in [4.78, 5) is 30.1. The maximum absolute atomic E-state index is 12.9. The van der Waals surface area contributed by atoms with Crippen LogP contribution in [0.15, 0.2) is 53.9 Å². The van der Waals surface area contributed by atoms with Gasteiger partial charge in [0.25, 0.3) is 11.8 Å². The molecule has 2 atom stereocenters. The van der Waals surface area contributed by atoms with Crippen LogP contribution in [-0.4, -0.2) is 28.9 Å². The Balaban J connectivity index is 1.33. The second kappa shape index (κ2) is 11.3. The maximum atomic E-state index is 12.9. The summed E-state index contributed by atoms with van der Waals surface area (Å²) in [5.41, 5.74) is 3.40. The van der Waals surface area contributed by atoms with E-state index >= 15 is 0 Å². The van der Waals surface area contributed by atoms with Crippen molar-refractivity contribution in [2.24, 2.45) is 0 Å². The minimum atomic E-state index is -0.212. The van der Waals surface area contributed by atoms with Crippen LogP contribution in [0.4, 0.5) is 0 Å². The Bertz CT molecular complexity index is 1110. The van der Waals surface area contributed by atoms with Crippen LogP contribution < -0.4 is 15.4 Å². The molecule has 0 bridgehead atoms. The van der Waals surface area contributed by atoms with Crippen LogP contribution in [0.3, 0.4) is 0 Å². The van der Waals surface area contributed by atoms with E-state index in [1.807, 2.05) is 55.5 Å². The molecule has 0 spiro atoms. The lowest BCUT2D eigenvalue weighted by Crippen LogP contribution is -2.53. The quantitative estimate of drug-likeness (QED) is 0.475. The van der Waals surface area contributed by atoms with E-state index in [1.54, 1.807) is 5.38 Å². The predicted octanol–water partition coefficient (Wildman–Crippen LogP) is 5.06. The number of hydrogen-bond donors (Lipinski definition) is 2. The molecule has 1 aliphatic rings. The number of aryl methyl sites for hydroxylation is 2. The van der Waals surface area contributed by atoms with Gasteiger partial charge in [0.05, 0.1) is 0 Å². The molecule has 1 saturated carbocycles. The van der Waals surface area contributed by atoms with Gasteiger partial charge in [0.1, 0.15) is 23.1 Å². The first-order valence-electron chi connectivity index (χ1n) is 11.9.